The Labute approximate surface area is 119 Å². The maximum absolute atomic E-state index is 4.17. The van der Waals surface area contributed by atoms with Gasteiger partial charge >= 0.3 is 0 Å². The summed E-state index contributed by atoms with van der Waals surface area (Å²) in [5.74, 6) is 0. The molecule has 1 aliphatic heterocycles. The van der Waals surface area contributed by atoms with E-state index in [0.717, 1.165) is 37.2 Å². The predicted octanol–water partition coefficient (Wildman–Crippen LogP) is 1.18. The first-order valence-corrected chi connectivity index (χ1v) is 6.46. The Morgan fingerprint density at radius 1 is 1.42 bits per heavy atom. The number of piperazine rings is 1. The van der Waals surface area contributed by atoms with Gasteiger partial charge < -0.3 is 5.32 Å². The van der Waals surface area contributed by atoms with Crippen LogP contribution in [0.25, 0.3) is 11.0 Å². The summed E-state index contributed by atoms with van der Waals surface area (Å²) in [6, 6.07) is 7.02. The SMILES string of the molecule is C[C@@H]1CN(Cc2ccc3c(c2)nnn3C)CCN1.Cl. The lowest BCUT2D eigenvalue weighted by Gasteiger charge is -2.31. The molecule has 1 saturated heterocycles. The number of halogens is 1. The normalized spacial score (nSPS) is 20.4. The molecular formula is C13H20ClN5. The first kappa shape index (κ1) is 14.2. The van der Waals surface area contributed by atoms with Gasteiger partial charge in [0.2, 0.25) is 0 Å². The molecule has 1 N–H and O–H groups in total. The largest absolute Gasteiger partial charge is 0.312 e. The van der Waals surface area contributed by atoms with E-state index in [1.165, 1.54) is 5.56 Å². The summed E-state index contributed by atoms with van der Waals surface area (Å²) < 4.78 is 1.81. The van der Waals surface area contributed by atoms with E-state index >= 15 is 0 Å². The van der Waals surface area contributed by atoms with Crippen LogP contribution in [0, 0.1) is 0 Å². The Morgan fingerprint density at radius 2 is 2.26 bits per heavy atom. The smallest absolute Gasteiger partial charge is 0.113 e. The van der Waals surface area contributed by atoms with Gasteiger partial charge in [0, 0.05) is 39.3 Å². The summed E-state index contributed by atoms with van der Waals surface area (Å²) in [5, 5.41) is 11.7. The van der Waals surface area contributed by atoms with Gasteiger partial charge in [0.05, 0.1) is 5.52 Å². The molecule has 5 nitrogen and oxygen atoms in total. The first-order chi connectivity index (χ1) is 8.72. The number of aryl methyl sites for hydroxylation is 1. The van der Waals surface area contributed by atoms with Crippen LogP contribution < -0.4 is 5.32 Å². The predicted molar refractivity (Wildman–Crippen MR) is 78.5 cm³/mol. The van der Waals surface area contributed by atoms with Crippen LogP contribution in [0.5, 0.6) is 0 Å². The molecule has 0 bridgehead atoms. The molecule has 6 heteroatoms. The first-order valence-electron chi connectivity index (χ1n) is 6.46. The summed E-state index contributed by atoms with van der Waals surface area (Å²) in [4.78, 5) is 2.48. The highest BCUT2D eigenvalue weighted by Gasteiger charge is 2.15. The molecule has 1 fully saturated rings. The standard InChI is InChI=1S/C13H19N5.ClH/c1-10-8-18(6-5-14-10)9-11-3-4-13-12(7-11)15-16-17(13)2;/h3-4,7,10,14H,5-6,8-9H2,1-2H3;1H/t10-;/m1./s1. The molecule has 0 aliphatic carbocycles. The summed E-state index contributed by atoms with van der Waals surface area (Å²) in [5.41, 5.74) is 3.39. The summed E-state index contributed by atoms with van der Waals surface area (Å²) in [6.07, 6.45) is 0. The topological polar surface area (TPSA) is 46.0 Å². The van der Waals surface area contributed by atoms with Crippen LogP contribution >= 0.6 is 12.4 Å². The minimum Gasteiger partial charge on any atom is -0.312 e. The van der Waals surface area contributed by atoms with Crippen molar-refractivity contribution in [2.45, 2.75) is 19.5 Å². The maximum Gasteiger partial charge on any atom is 0.113 e. The van der Waals surface area contributed by atoms with Crippen molar-refractivity contribution in [3.8, 4) is 0 Å². The monoisotopic (exact) mass is 281 g/mol. The van der Waals surface area contributed by atoms with Gasteiger partial charge in [-0.2, -0.15) is 0 Å². The van der Waals surface area contributed by atoms with Crippen molar-refractivity contribution in [3.05, 3.63) is 23.8 Å². The molecule has 2 aromatic rings. The Bertz CT molecular complexity index is 553. The molecule has 0 amide bonds. The quantitative estimate of drug-likeness (QED) is 0.898. The van der Waals surface area contributed by atoms with E-state index in [-0.39, 0.29) is 12.4 Å². The van der Waals surface area contributed by atoms with Gasteiger partial charge in [-0.25, -0.2) is 4.68 Å². The number of nitrogens with zero attached hydrogens (tertiary/aromatic N) is 4. The van der Waals surface area contributed by atoms with Gasteiger partial charge in [-0.3, -0.25) is 4.90 Å². The third kappa shape index (κ3) is 3.05. The van der Waals surface area contributed by atoms with E-state index in [1.807, 2.05) is 11.7 Å². The van der Waals surface area contributed by atoms with Gasteiger partial charge in [-0.15, -0.1) is 17.5 Å². The highest BCUT2D eigenvalue weighted by Crippen LogP contribution is 2.14. The van der Waals surface area contributed by atoms with E-state index in [1.54, 1.807) is 0 Å². The fourth-order valence-corrected chi connectivity index (χ4v) is 2.60. The van der Waals surface area contributed by atoms with E-state index in [4.69, 9.17) is 0 Å². The minimum atomic E-state index is 0. The van der Waals surface area contributed by atoms with Crippen molar-refractivity contribution in [2.75, 3.05) is 19.6 Å². The molecule has 1 aliphatic rings. The lowest BCUT2D eigenvalue weighted by atomic mass is 10.1. The molecule has 0 spiro atoms. The number of nitrogens with one attached hydrogen (secondary N) is 1. The fourth-order valence-electron chi connectivity index (χ4n) is 2.60. The van der Waals surface area contributed by atoms with Crippen LogP contribution in [0.4, 0.5) is 0 Å². The summed E-state index contributed by atoms with van der Waals surface area (Å²) in [7, 11) is 1.92. The molecule has 1 atom stereocenters. The highest BCUT2D eigenvalue weighted by atomic mass is 35.5. The van der Waals surface area contributed by atoms with Gasteiger partial charge in [0.25, 0.3) is 0 Å². The third-order valence-corrected chi connectivity index (χ3v) is 3.53. The lowest BCUT2D eigenvalue weighted by Crippen LogP contribution is -2.48. The van der Waals surface area contributed by atoms with Crippen LogP contribution in [0.2, 0.25) is 0 Å². The van der Waals surface area contributed by atoms with Crippen molar-refractivity contribution >= 4 is 23.4 Å². The Balaban J connectivity index is 0.00000133. The van der Waals surface area contributed by atoms with E-state index < -0.39 is 0 Å². The number of aromatic nitrogens is 3. The van der Waals surface area contributed by atoms with Crippen molar-refractivity contribution < 1.29 is 0 Å². The highest BCUT2D eigenvalue weighted by molar-refractivity contribution is 5.85. The van der Waals surface area contributed by atoms with Gasteiger partial charge in [-0.05, 0) is 24.6 Å². The third-order valence-electron chi connectivity index (χ3n) is 3.53. The van der Waals surface area contributed by atoms with Crippen LogP contribution in [0.3, 0.4) is 0 Å². The molecule has 2 heterocycles. The Kier molecular flexibility index (Phi) is 4.39. The van der Waals surface area contributed by atoms with Crippen LogP contribution in [-0.4, -0.2) is 45.6 Å². The zero-order valence-electron chi connectivity index (χ0n) is 11.3. The number of benzene rings is 1. The zero-order chi connectivity index (χ0) is 12.5. The van der Waals surface area contributed by atoms with Gasteiger partial charge in [0.15, 0.2) is 0 Å². The van der Waals surface area contributed by atoms with Crippen molar-refractivity contribution in [2.24, 2.45) is 7.05 Å². The molecule has 0 saturated carbocycles. The average molecular weight is 282 g/mol. The molecule has 104 valence electrons. The number of hydrogen-bond donors (Lipinski definition) is 1. The van der Waals surface area contributed by atoms with E-state index in [0.29, 0.717) is 6.04 Å². The number of fused-ring (bicyclic) bond motifs is 1. The molecule has 1 aromatic carbocycles. The van der Waals surface area contributed by atoms with Crippen molar-refractivity contribution in [1.29, 1.82) is 0 Å². The van der Waals surface area contributed by atoms with E-state index in [2.05, 4.69) is 45.7 Å². The van der Waals surface area contributed by atoms with Gasteiger partial charge in [0.1, 0.15) is 5.52 Å². The second kappa shape index (κ2) is 5.86. The van der Waals surface area contributed by atoms with Crippen LogP contribution in [-0.2, 0) is 13.6 Å². The molecule has 1 aromatic heterocycles. The van der Waals surface area contributed by atoms with E-state index in [9.17, 15) is 0 Å². The molecule has 0 unspecified atom stereocenters. The Morgan fingerprint density at radius 3 is 3.05 bits per heavy atom. The molecule has 19 heavy (non-hydrogen) atoms. The second-order valence-corrected chi connectivity index (χ2v) is 5.13. The van der Waals surface area contributed by atoms with Crippen molar-refractivity contribution in [3.63, 3.8) is 0 Å². The number of hydrogen-bond acceptors (Lipinski definition) is 4. The lowest BCUT2D eigenvalue weighted by molar-refractivity contribution is 0.200. The fraction of sp³-hybridized carbons (Fsp3) is 0.538. The zero-order valence-corrected chi connectivity index (χ0v) is 12.2. The molecule has 0 radical (unpaired) electrons. The van der Waals surface area contributed by atoms with Gasteiger partial charge in [-0.1, -0.05) is 11.3 Å². The minimum absolute atomic E-state index is 0. The Hall–Kier alpha value is -1.17. The average Bonchev–Trinajstić information content (AvgIpc) is 2.71. The van der Waals surface area contributed by atoms with Crippen LogP contribution in [0.15, 0.2) is 18.2 Å². The van der Waals surface area contributed by atoms with Crippen molar-refractivity contribution in [1.82, 2.24) is 25.2 Å². The molecule has 3 rings (SSSR count). The second-order valence-electron chi connectivity index (χ2n) is 5.13. The maximum atomic E-state index is 4.17. The number of rotatable bonds is 2. The summed E-state index contributed by atoms with van der Waals surface area (Å²) in [6.45, 7) is 6.53. The summed E-state index contributed by atoms with van der Waals surface area (Å²) >= 11 is 0. The molecular weight excluding hydrogens is 262 g/mol. The van der Waals surface area contributed by atoms with Crippen LogP contribution in [0.1, 0.15) is 12.5 Å².